The third-order valence-corrected chi connectivity index (χ3v) is 5.77. The second kappa shape index (κ2) is 7.51. The molecule has 0 unspecified atom stereocenters. The van der Waals surface area contributed by atoms with Gasteiger partial charge in [-0.1, -0.05) is 44.2 Å². The molecular formula is C26H21NO4. The third kappa shape index (κ3) is 3.42. The number of aromatic nitrogens is 1. The highest BCUT2D eigenvalue weighted by Crippen LogP contribution is 2.48. The number of carbonyl (C=O) groups is 2. The molecule has 1 aromatic heterocycles. The number of allylic oxidation sites excluding steroid dienone is 1. The number of pyridine rings is 1. The van der Waals surface area contributed by atoms with E-state index in [4.69, 9.17) is 9.47 Å². The molecule has 0 N–H and O–H groups in total. The van der Waals surface area contributed by atoms with Crippen LogP contribution in [0.2, 0.25) is 0 Å². The average molecular weight is 411 g/mol. The predicted molar refractivity (Wildman–Crippen MR) is 116 cm³/mol. The van der Waals surface area contributed by atoms with Gasteiger partial charge in [0.15, 0.2) is 5.76 Å². The quantitative estimate of drug-likeness (QED) is 0.334. The van der Waals surface area contributed by atoms with E-state index in [9.17, 15) is 9.59 Å². The summed E-state index contributed by atoms with van der Waals surface area (Å²) >= 11 is 0. The largest absolute Gasteiger partial charge is 0.452 e. The van der Waals surface area contributed by atoms with E-state index in [1.807, 2.05) is 24.3 Å². The van der Waals surface area contributed by atoms with Gasteiger partial charge < -0.3 is 9.47 Å². The van der Waals surface area contributed by atoms with Gasteiger partial charge in [-0.3, -0.25) is 14.6 Å². The first-order valence-corrected chi connectivity index (χ1v) is 10.3. The molecule has 31 heavy (non-hydrogen) atoms. The number of Topliss-reactive ketones (excluding diaryl/α,β-unsaturated/α-hetero) is 1. The Balaban J connectivity index is 1.56. The molecule has 2 aromatic carbocycles. The summed E-state index contributed by atoms with van der Waals surface area (Å²) in [6, 6.07) is 15.2. The number of rotatable bonds is 3. The Bertz CT molecular complexity index is 1210. The van der Waals surface area contributed by atoms with Gasteiger partial charge in [0.25, 0.3) is 0 Å². The van der Waals surface area contributed by atoms with Crippen molar-refractivity contribution in [2.45, 2.75) is 32.1 Å². The second-order valence-corrected chi connectivity index (χ2v) is 8.13. The predicted octanol–water partition coefficient (Wildman–Crippen LogP) is 5.26. The fourth-order valence-electron chi connectivity index (χ4n) is 4.10. The maximum absolute atomic E-state index is 13.1. The molecule has 0 spiro atoms. The van der Waals surface area contributed by atoms with Crippen LogP contribution in [0.3, 0.4) is 0 Å². The zero-order valence-corrected chi connectivity index (χ0v) is 17.3. The van der Waals surface area contributed by atoms with Gasteiger partial charge in [0.2, 0.25) is 5.78 Å². The van der Waals surface area contributed by atoms with Crippen LogP contribution >= 0.6 is 0 Å². The molecule has 0 radical (unpaired) electrons. The Morgan fingerprint density at radius 1 is 1.03 bits per heavy atom. The lowest BCUT2D eigenvalue weighted by Crippen LogP contribution is -2.21. The Labute approximate surface area is 180 Å². The van der Waals surface area contributed by atoms with Gasteiger partial charge >= 0.3 is 5.97 Å². The summed E-state index contributed by atoms with van der Waals surface area (Å²) in [5.41, 5.74) is 4.21. The van der Waals surface area contributed by atoms with Gasteiger partial charge in [0.05, 0.1) is 12.0 Å². The summed E-state index contributed by atoms with van der Waals surface area (Å²) < 4.78 is 11.5. The van der Waals surface area contributed by atoms with Crippen LogP contribution in [0.15, 0.2) is 66.7 Å². The van der Waals surface area contributed by atoms with E-state index in [1.165, 1.54) is 5.56 Å². The van der Waals surface area contributed by atoms with Gasteiger partial charge in [-0.05, 0) is 46.9 Å². The lowest BCUT2D eigenvalue weighted by atomic mass is 9.85. The Morgan fingerprint density at radius 3 is 2.55 bits per heavy atom. The summed E-state index contributed by atoms with van der Waals surface area (Å²) in [6.07, 6.45) is 5.35. The molecule has 0 fully saturated rings. The minimum Gasteiger partial charge on any atom is -0.452 e. The SMILES string of the molecule is CC(C)c1ccc(/C=C2\Oc3c(ccc4c3[C@@H](c3cccnc3)CC(=O)O4)C2=O)cc1. The number of fused-ring (bicyclic) bond motifs is 3. The van der Waals surface area contributed by atoms with Crippen molar-refractivity contribution in [1.82, 2.24) is 4.98 Å². The maximum Gasteiger partial charge on any atom is 0.312 e. The Kier molecular flexibility index (Phi) is 4.66. The van der Waals surface area contributed by atoms with Crippen molar-refractivity contribution in [2.24, 2.45) is 0 Å². The monoisotopic (exact) mass is 411 g/mol. The van der Waals surface area contributed by atoms with Crippen LogP contribution < -0.4 is 9.47 Å². The van der Waals surface area contributed by atoms with E-state index >= 15 is 0 Å². The highest BCUT2D eigenvalue weighted by atomic mass is 16.5. The fourth-order valence-corrected chi connectivity index (χ4v) is 4.10. The van der Waals surface area contributed by atoms with Crippen molar-refractivity contribution >= 4 is 17.8 Å². The molecule has 5 heteroatoms. The molecule has 3 aromatic rings. The molecule has 0 amide bonds. The number of ether oxygens (including phenoxy) is 2. The molecule has 0 saturated carbocycles. The minimum absolute atomic E-state index is 0.169. The zero-order valence-electron chi connectivity index (χ0n) is 17.3. The van der Waals surface area contributed by atoms with Crippen molar-refractivity contribution in [3.05, 3.63) is 94.5 Å². The molecule has 0 saturated heterocycles. The topological polar surface area (TPSA) is 65.5 Å². The van der Waals surface area contributed by atoms with Crippen LogP contribution in [-0.4, -0.2) is 16.7 Å². The summed E-state index contributed by atoms with van der Waals surface area (Å²) in [5, 5.41) is 0. The van der Waals surface area contributed by atoms with Crippen LogP contribution in [0.5, 0.6) is 11.5 Å². The molecule has 2 aliphatic heterocycles. The Hall–Kier alpha value is -3.73. The average Bonchev–Trinajstić information content (AvgIpc) is 3.09. The second-order valence-electron chi connectivity index (χ2n) is 8.13. The number of benzene rings is 2. The van der Waals surface area contributed by atoms with E-state index in [0.717, 1.165) is 16.7 Å². The molecule has 0 bridgehead atoms. The van der Waals surface area contributed by atoms with Crippen LogP contribution in [-0.2, 0) is 4.79 Å². The highest BCUT2D eigenvalue weighted by molar-refractivity contribution is 6.15. The van der Waals surface area contributed by atoms with Crippen LogP contribution in [0.4, 0.5) is 0 Å². The van der Waals surface area contributed by atoms with Crippen molar-refractivity contribution in [3.8, 4) is 11.5 Å². The lowest BCUT2D eigenvalue weighted by molar-refractivity contribution is -0.135. The van der Waals surface area contributed by atoms with Gasteiger partial charge in [-0.2, -0.15) is 0 Å². The highest BCUT2D eigenvalue weighted by Gasteiger charge is 2.38. The Morgan fingerprint density at radius 2 is 1.84 bits per heavy atom. The van der Waals surface area contributed by atoms with Crippen molar-refractivity contribution in [3.63, 3.8) is 0 Å². The van der Waals surface area contributed by atoms with E-state index in [1.54, 1.807) is 30.6 Å². The van der Waals surface area contributed by atoms with E-state index < -0.39 is 0 Å². The van der Waals surface area contributed by atoms with Gasteiger partial charge in [0.1, 0.15) is 11.5 Å². The van der Waals surface area contributed by atoms with Crippen molar-refractivity contribution in [1.29, 1.82) is 0 Å². The van der Waals surface area contributed by atoms with Gasteiger partial charge in [-0.15, -0.1) is 0 Å². The lowest BCUT2D eigenvalue weighted by Gasteiger charge is -2.26. The first-order chi connectivity index (χ1) is 15.0. The smallest absolute Gasteiger partial charge is 0.312 e. The fraction of sp³-hybridized carbons (Fsp3) is 0.192. The first kappa shape index (κ1) is 19.2. The summed E-state index contributed by atoms with van der Waals surface area (Å²) in [5.74, 6) is 0.834. The third-order valence-electron chi connectivity index (χ3n) is 5.77. The molecule has 1 atom stereocenters. The van der Waals surface area contributed by atoms with E-state index in [0.29, 0.717) is 23.0 Å². The first-order valence-electron chi connectivity index (χ1n) is 10.3. The number of carbonyl (C=O) groups excluding carboxylic acids is 2. The van der Waals surface area contributed by atoms with Crippen LogP contribution in [0.1, 0.15) is 64.7 Å². The summed E-state index contributed by atoms with van der Waals surface area (Å²) in [6.45, 7) is 4.28. The minimum atomic E-state index is -0.313. The van der Waals surface area contributed by atoms with E-state index in [2.05, 4.69) is 31.0 Å². The number of ketones is 1. The summed E-state index contributed by atoms with van der Waals surface area (Å²) in [7, 11) is 0. The number of hydrogen-bond acceptors (Lipinski definition) is 5. The molecule has 3 heterocycles. The number of esters is 1. The molecular weight excluding hydrogens is 390 g/mol. The van der Waals surface area contributed by atoms with Crippen LogP contribution in [0, 0.1) is 0 Å². The molecule has 154 valence electrons. The maximum atomic E-state index is 13.1. The molecule has 0 aliphatic carbocycles. The zero-order chi connectivity index (χ0) is 21.5. The van der Waals surface area contributed by atoms with Gasteiger partial charge in [-0.25, -0.2) is 0 Å². The number of hydrogen-bond donors (Lipinski definition) is 0. The van der Waals surface area contributed by atoms with Crippen molar-refractivity contribution < 1.29 is 19.1 Å². The standard InChI is InChI=1S/C26H21NO4/c1-15(2)17-7-5-16(6-8-17)12-22-25(29)19-9-10-21-24(26(19)31-22)20(13-23(28)30-21)18-4-3-11-27-14-18/h3-12,14-15,20H,13H2,1-2H3/b22-12-/t20-/m1/s1. The van der Waals surface area contributed by atoms with Gasteiger partial charge in [0, 0.05) is 23.9 Å². The van der Waals surface area contributed by atoms with E-state index in [-0.39, 0.29) is 29.9 Å². The number of nitrogens with zero attached hydrogens (tertiary/aromatic N) is 1. The molecule has 5 nitrogen and oxygen atoms in total. The molecule has 5 rings (SSSR count). The summed E-state index contributed by atoms with van der Waals surface area (Å²) in [4.78, 5) is 29.4. The molecule has 2 aliphatic rings. The normalized spacial score (nSPS) is 18.5. The van der Waals surface area contributed by atoms with Crippen LogP contribution in [0.25, 0.3) is 6.08 Å². The van der Waals surface area contributed by atoms with Crippen molar-refractivity contribution in [2.75, 3.05) is 0 Å².